The molecular formula is C11H11N7O3. The molecule has 0 aliphatic carbocycles. The Morgan fingerprint density at radius 3 is 2.81 bits per heavy atom. The molecule has 21 heavy (non-hydrogen) atoms. The van der Waals surface area contributed by atoms with Crippen molar-refractivity contribution in [1.82, 2.24) is 20.2 Å². The molecule has 0 spiro atoms. The molecule has 0 aliphatic heterocycles. The maximum absolute atomic E-state index is 12.2. The highest BCUT2D eigenvalue weighted by Crippen LogP contribution is 2.19. The zero-order chi connectivity index (χ0) is 15.2. The van der Waals surface area contributed by atoms with Gasteiger partial charge in [0.2, 0.25) is 5.95 Å². The number of carbonyl (C=O) groups excluding carboxylic acids is 1. The van der Waals surface area contributed by atoms with E-state index in [1.54, 1.807) is 0 Å². The molecule has 0 radical (unpaired) electrons. The second-order valence-electron chi connectivity index (χ2n) is 3.80. The van der Waals surface area contributed by atoms with E-state index in [-0.39, 0.29) is 23.0 Å². The van der Waals surface area contributed by atoms with Crippen molar-refractivity contribution in [3.8, 4) is 0 Å². The van der Waals surface area contributed by atoms with Crippen LogP contribution in [-0.2, 0) is 0 Å². The lowest BCUT2D eigenvalue weighted by atomic mass is 10.2. The third-order valence-electron chi connectivity index (χ3n) is 2.38. The van der Waals surface area contributed by atoms with E-state index in [0.717, 1.165) is 12.3 Å². The number of anilines is 2. The Balaban J connectivity index is 2.33. The van der Waals surface area contributed by atoms with Gasteiger partial charge in [0, 0.05) is 12.6 Å². The van der Waals surface area contributed by atoms with Crippen LogP contribution in [0.2, 0.25) is 0 Å². The summed E-state index contributed by atoms with van der Waals surface area (Å²) >= 11 is 0. The summed E-state index contributed by atoms with van der Waals surface area (Å²) in [7, 11) is 0. The topological polar surface area (TPSA) is 136 Å². The van der Waals surface area contributed by atoms with Crippen LogP contribution in [0.25, 0.3) is 0 Å². The Morgan fingerprint density at radius 2 is 2.19 bits per heavy atom. The molecule has 0 saturated heterocycles. The van der Waals surface area contributed by atoms with Crippen molar-refractivity contribution in [2.75, 3.05) is 17.2 Å². The van der Waals surface area contributed by atoms with Crippen molar-refractivity contribution in [2.24, 2.45) is 0 Å². The van der Waals surface area contributed by atoms with Gasteiger partial charge in [-0.05, 0) is 6.92 Å². The Hall–Kier alpha value is -3.17. The zero-order valence-electron chi connectivity index (χ0n) is 11.0. The molecule has 2 aromatic heterocycles. The van der Waals surface area contributed by atoms with Gasteiger partial charge in [-0.1, -0.05) is 0 Å². The average Bonchev–Trinajstić information content (AvgIpc) is 2.48. The molecule has 0 aromatic carbocycles. The first-order valence-electron chi connectivity index (χ1n) is 5.95. The Morgan fingerprint density at radius 1 is 1.38 bits per heavy atom. The molecule has 0 bridgehead atoms. The molecular weight excluding hydrogens is 278 g/mol. The zero-order valence-corrected chi connectivity index (χ0v) is 11.0. The number of pyridine rings is 1. The lowest BCUT2D eigenvalue weighted by molar-refractivity contribution is -0.385. The van der Waals surface area contributed by atoms with Crippen LogP contribution in [0.5, 0.6) is 0 Å². The van der Waals surface area contributed by atoms with E-state index in [1.807, 2.05) is 6.92 Å². The molecule has 10 heteroatoms. The third-order valence-corrected chi connectivity index (χ3v) is 2.38. The van der Waals surface area contributed by atoms with Gasteiger partial charge in [-0.25, -0.2) is 9.97 Å². The highest BCUT2D eigenvalue weighted by molar-refractivity contribution is 6.07. The van der Waals surface area contributed by atoms with Crippen LogP contribution in [0.1, 0.15) is 17.3 Å². The number of nitrogens with one attached hydrogen (secondary N) is 2. The van der Waals surface area contributed by atoms with E-state index in [1.165, 1.54) is 12.4 Å². The number of nitro groups is 1. The lowest BCUT2D eigenvalue weighted by Gasteiger charge is -2.08. The molecule has 0 saturated carbocycles. The summed E-state index contributed by atoms with van der Waals surface area (Å²) in [6, 6.07) is 1.14. The molecule has 10 nitrogen and oxygen atoms in total. The Bertz CT molecular complexity index is 662. The molecule has 2 rings (SSSR count). The second kappa shape index (κ2) is 6.32. The van der Waals surface area contributed by atoms with Crippen LogP contribution in [0.4, 0.5) is 17.5 Å². The molecule has 0 atom stereocenters. The molecule has 2 aromatic rings. The van der Waals surface area contributed by atoms with E-state index in [9.17, 15) is 14.9 Å². The predicted octanol–water partition coefficient (Wildman–Crippen LogP) is 0.859. The number of carbonyl (C=O) groups is 1. The van der Waals surface area contributed by atoms with Crippen LogP contribution in [0, 0.1) is 10.1 Å². The van der Waals surface area contributed by atoms with Crippen molar-refractivity contribution in [1.29, 1.82) is 0 Å². The number of nitrogens with zero attached hydrogens (tertiary/aromatic N) is 5. The van der Waals surface area contributed by atoms with Gasteiger partial charge in [0.05, 0.1) is 22.9 Å². The number of hydrogen-bond acceptors (Lipinski definition) is 8. The van der Waals surface area contributed by atoms with E-state index in [4.69, 9.17) is 0 Å². The first-order valence-corrected chi connectivity index (χ1v) is 5.95. The number of amides is 1. The standard InChI is InChI=1S/C11H11N7O3/c1-2-12-9-8(5-7(6-14-9)18(20)21)10(19)16-11-13-3-4-15-17-11/h3-6H,2H2,1H3,(H,12,14)(H,13,16,17,19). The minimum atomic E-state index is -0.625. The maximum Gasteiger partial charge on any atom is 0.288 e. The first kappa shape index (κ1) is 14.2. The van der Waals surface area contributed by atoms with E-state index in [0.29, 0.717) is 6.54 Å². The predicted molar refractivity (Wildman–Crippen MR) is 72.8 cm³/mol. The highest BCUT2D eigenvalue weighted by Gasteiger charge is 2.18. The SMILES string of the molecule is CCNc1ncc([N+](=O)[O-])cc1C(=O)Nc1nccnn1. The Kier molecular flexibility index (Phi) is 4.29. The van der Waals surface area contributed by atoms with Crippen molar-refractivity contribution in [3.05, 3.63) is 40.3 Å². The minimum absolute atomic E-state index is 0.00328. The van der Waals surface area contributed by atoms with Crippen molar-refractivity contribution in [3.63, 3.8) is 0 Å². The fourth-order valence-corrected chi connectivity index (χ4v) is 1.51. The second-order valence-corrected chi connectivity index (χ2v) is 3.80. The summed E-state index contributed by atoms with van der Waals surface area (Å²) in [6.45, 7) is 2.32. The molecule has 2 N–H and O–H groups in total. The summed E-state index contributed by atoms with van der Waals surface area (Å²) in [4.78, 5) is 30.0. The van der Waals surface area contributed by atoms with E-state index < -0.39 is 10.8 Å². The lowest BCUT2D eigenvalue weighted by Crippen LogP contribution is -2.17. The van der Waals surface area contributed by atoms with Gasteiger partial charge in [0.25, 0.3) is 11.6 Å². The number of hydrogen-bond donors (Lipinski definition) is 2. The van der Waals surface area contributed by atoms with Gasteiger partial charge in [0.1, 0.15) is 12.0 Å². The van der Waals surface area contributed by atoms with E-state index >= 15 is 0 Å². The van der Waals surface area contributed by atoms with Crippen LogP contribution in [0.3, 0.4) is 0 Å². The monoisotopic (exact) mass is 289 g/mol. The van der Waals surface area contributed by atoms with Gasteiger partial charge < -0.3 is 5.32 Å². The van der Waals surface area contributed by atoms with Crippen molar-refractivity contribution >= 4 is 23.4 Å². The fourth-order valence-electron chi connectivity index (χ4n) is 1.51. The molecule has 108 valence electrons. The first-order chi connectivity index (χ1) is 10.1. The minimum Gasteiger partial charge on any atom is -0.370 e. The molecule has 2 heterocycles. The van der Waals surface area contributed by atoms with Crippen LogP contribution >= 0.6 is 0 Å². The largest absolute Gasteiger partial charge is 0.370 e. The molecule has 0 unspecified atom stereocenters. The summed E-state index contributed by atoms with van der Waals surface area (Å²) in [5.41, 5.74) is -0.257. The fraction of sp³-hybridized carbons (Fsp3) is 0.182. The maximum atomic E-state index is 12.2. The normalized spacial score (nSPS) is 9.95. The molecule has 0 fully saturated rings. The van der Waals surface area contributed by atoms with Crippen LogP contribution in [0.15, 0.2) is 24.7 Å². The third kappa shape index (κ3) is 3.43. The molecule has 1 amide bonds. The smallest absolute Gasteiger partial charge is 0.288 e. The summed E-state index contributed by atoms with van der Waals surface area (Å²) in [5, 5.41) is 23.2. The van der Waals surface area contributed by atoms with Crippen molar-refractivity contribution < 1.29 is 9.72 Å². The average molecular weight is 289 g/mol. The van der Waals surface area contributed by atoms with Crippen LogP contribution in [-0.4, -0.2) is 37.5 Å². The summed E-state index contributed by atoms with van der Waals surface area (Å²) in [5.74, 6) is -0.379. The van der Waals surface area contributed by atoms with Gasteiger partial charge >= 0.3 is 0 Å². The molecule has 0 aliphatic rings. The quantitative estimate of drug-likeness (QED) is 0.610. The highest BCUT2D eigenvalue weighted by atomic mass is 16.6. The number of rotatable bonds is 5. The van der Waals surface area contributed by atoms with Gasteiger partial charge in [0.15, 0.2) is 0 Å². The Labute approximate surface area is 118 Å². The van der Waals surface area contributed by atoms with Gasteiger partial charge in [-0.2, -0.15) is 5.10 Å². The summed E-state index contributed by atoms with van der Waals surface area (Å²) in [6.07, 6.45) is 3.80. The van der Waals surface area contributed by atoms with Crippen molar-refractivity contribution in [2.45, 2.75) is 6.92 Å². The summed E-state index contributed by atoms with van der Waals surface area (Å²) < 4.78 is 0. The van der Waals surface area contributed by atoms with Gasteiger partial charge in [-0.15, -0.1) is 5.10 Å². The number of aromatic nitrogens is 4. The van der Waals surface area contributed by atoms with E-state index in [2.05, 4.69) is 30.8 Å². The van der Waals surface area contributed by atoms with Gasteiger partial charge in [-0.3, -0.25) is 20.2 Å². The van der Waals surface area contributed by atoms with Crippen LogP contribution < -0.4 is 10.6 Å².